The van der Waals surface area contributed by atoms with Gasteiger partial charge in [0.25, 0.3) is 11.8 Å². The minimum atomic E-state index is -0.0694. The van der Waals surface area contributed by atoms with Crippen LogP contribution in [0, 0.1) is 5.92 Å². The summed E-state index contributed by atoms with van der Waals surface area (Å²) in [5.41, 5.74) is 2.10. The largest absolute Gasteiger partial charge is 0.368 e. The Hall–Kier alpha value is -2.89. The molecule has 1 atom stereocenters. The van der Waals surface area contributed by atoms with Gasteiger partial charge in [0, 0.05) is 56.7 Å². The molecule has 0 saturated carbocycles. The third-order valence-corrected chi connectivity index (χ3v) is 5.86. The third kappa shape index (κ3) is 4.42. The first kappa shape index (κ1) is 19.4. The van der Waals surface area contributed by atoms with Gasteiger partial charge < -0.3 is 14.7 Å². The van der Waals surface area contributed by atoms with Crippen LogP contribution in [0.15, 0.2) is 48.7 Å². The van der Waals surface area contributed by atoms with Gasteiger partial charge in [-0.05, 0) is 43.0 Å². The van der Waals surface area contributed by atoms with Crippen molar-refractivity contribution in [1.29, 1.82) is 0 Å². The molecule has 4 rings (SSSR count). The molecule has 1 aromatic carbocycles. The van der Waals surface area contributed by atoms with Crippen molar-refractivity contribution in [3.63, 3.8) is 0 Å². The van der Waals surface area contributed by atoms with Crippen molar-refractivity contribution in [3.05, 3.63) is 59.9 Å². The number of amides is 2. The first-order chi connectivity index (χ1) is 14.1. The van der Waals surface area contributed by atoms with E-state index in [1.165, 1.54) is 5.69 Å². The number of nitrogens with zero attached hydrogens (tertiary/aromatic N) is 4. The molecule has 2 aliphatic heterocycles. The van der Waals surface area contributed by atoms with E-state index in [4.69, 9.17) is 0 Å². The van der Waals surface area contributed by atoms with Gasteiger partial charge in [-0.25, -0.2) is 0 Å². The summed E-state index contributed by atoms with van der Waals surface area (Å²) >= 11 is 0. The molecule has 29 heavy (non-hydrogen) atoms. The molecular formula is C23H28N4O2. The highest BCUT2D eigenvalue weighted by Gasteiger charge is 2.26. The number of likely N-dealkylation sites (tertiary alicyclic amines) is 1. The quantitative estimate of drug-likeness (QED) is 0.806. The molecule has 2 amide bonds. The number of hydrogen-bond acceptors (Lipinski definition) is 4. The SMILES string of the molecule is CC1CCCN(C(=O)c2cc(C(=O)N3CCN(c4ccccc4)CC3)ccn2)C1. The molecule has 2 aromatic rings. The topological polar surface area (TPSA) is 56.8 Å². The number of piperazine rings is 1. The van der Waals surface area contributed by atoms with Crippen LogP contribution in [-0.2, 0) is 0 Å². The van der Waals surface area contributed by atoms with Crippen LogP contribution in [-0.4, -0.2) is 65.9 Å². The van der Waals surface area contributed by atoms with Crippen molar-refractivity contribution in [3.8, 4) is 0 Å². The van der Waals surface area contributed by atoms with Gasteiger partial charge in [-0.1, -0.05) is 25.1 Å². The highest BCUT2D eigenvalue weighted by atomic mass is 16.2. The predicted octanol–water partition coefficient (Wildman–Crippen LogP) is 2.92. The van der Waals surface area contributed by atoms with Crippen LogP contribution in [0.25, 0.3) is 0 Å². The Labute approximate surface area is 172 Å². The Morgan fingerprint density at radius 3 is 2.41 bits per heavy atom. The van der Waals surface area contributed by atoms with Crippen LogP contribution >= 0.6 is 0 Å². The minimum absolute atomic E-state index is 0.0267. The molecule has 0 spiro atoms. The number of aromatic nitrogens is 1. The van der Waals surface area contributed by atoms with Gasteiger partial charge in [0.2, 0.25) is 0 Å². The van der Waals surface area contributed by atoms with E-state index < -0.39 is 0 Å². The fraction of sp³-hybridized carbons (Fsp3) is 0.435. The van der Waals surface area contributed by atoms with Crippen LogP contribution in [0.4, 0.5) is 5.69 Å². The molecule has 0 aliphatic carbocycles. The Morgan fingerprint density at radius 1 is 0.931 bits per heavy atom. The monoisotopic (exact) mass is 392 g/mol. The smallest absolute Gasteiger partial charge is 0.272 e. The van der Waals surface area contributed by atoms with E-state index in [0.29, 0.717) is 30.3 Å². The fourth-order valence-corrected chi connectivity index (χ4v) is 4.21. The lowest BCUT2D eigenvalue weighted by Crippen LogP contribution is -2.48. The van der Waals surface area contributed by atoms with Gasteiger partial charge in [-0.3, -0.25) is 14.6 Å². The second kappa shape index (κ2) is 8.64. The number of carbonyl (C=O) groups excluding carboxylic acids is 2. The van der Waals surface area contributed by atoms with Crippen molar-refractivity contribution >= 4 is 17.5 Å². The lowest BCUT2D eigenvalue weighted by molar-refractivity contribution is 0.0677. The predicted molar refractivity (Wildman–Crippen MR) is 113 cm³/mol. The summed E-state index contributed by atoms with van der Waals surface area (Å²) in [5, 5.41) is 0. The van der Waals surface area contributed by atoms with Crippen LogP contribution in [0.3, 0.4) is 0 Å². The van der Waals surface area contributed by atoms with Gasteiger partial charge in [0.1, 0.15) is 5.69 Å². The number of anilines is 1. The minimum Gasteiger partial charge on any atom is -0.368 e. The van der Waals surface area contributed by atoms with E-state index in [9.17, 15) is 9.59 Å². The highest BCUT2D eigenvalue weighted by Crippen LogP contribution is 2.19. The summed E-state index contributed by atoms with van der Waals surface area (Å²) in [5.74, 6) is 0.416. The number of benzene rings is 1. The van der Waals surface area contributed by atoms with Crippen LogP contribution < -0.4 is 4.90 Å². The van der Waals surface area contributed by atoms with E-state index in [1.54, 1.807) is 18.3 Å². The summed E-state index contributed by atoms with van der Waals surface area (Å²) in [6.45, 7) is 6.65. The van der Waals surface area contributed by atoms with E-state index in [1.807, 2.05) is 28.0 Å². The summed E-state index contributed by atoms with van der Waals surface area (Å²) in [7, 11) is 0. The molecule has 0 bridgehead atoms. The molecule has 152 valence electrons. The van der Waals surface area contributed by atoms with E-state index >= 15 is 0 Å². The van der Waals surface area contributed by atoms with E-state index in [2.05, 4.69) is 28.9 Å². The number of piperidine rings is 1. The van der Waals surface area contributed by atoms with Crippen molar-refractivity contribution in [2.24, 2.45) is 5.92 Å². The van der Waals surface area contributed by atoms with Crippen molar-refractivity contribution < 1.29 is 9.59 Å². The zero-order valence-corrected chi connectivity index (χ0v) is 17.0. The van der Waals surface area contributed by atoms with Crippen LogP contribution in [0.5, 0.6) is 0 Å². The first-order valence-electron chi connectivity index (χ1n) is 10.5. The number of rotatable bonds is 3. The normalized spacial score (nSPS) is 19.9. The summed E-state index contributed by atoms with van der Waals surface area (Å²) in [4.78, 5) is 36.1. The van der Waals surface area contributed by atoms with Crippen molar-refractivity contribution in [1.82, 2.24) is 14.8 Å². The lowest BCUT2D eigenvalue weighted by Gasteiger charge is -2.36. The van der Waals surface area contributed by atoms with Gasteiger partial charge in [-0.2, -0.15) is 0 Å². The Bertz CT molecular complexity index is 862. The summed E-state index contributed by atoms with van der Waals surface area (Å²) in [6.07, 6.45) is 3.76. The standard InChI is InChI=1S/C23H28N4O2/c1-18-6-5-11-27(17-18)23(29)21-16-19(9-10-24-21)22(28)26-14-12-25(13-15-26)20-7-3-2-4-8-20/h2-4,7-10,16,18H,5-6,11-15,17H2,1H3. The molecule has 6 nitrogen and oxygen atoms in total. The lowest BCUT2D eigenvalue weighted by atomic mass is 10.00. The summed E-state index contributed by atoms with van der Waals surface area (Å²) in [6, 6.07) is 13.6. The molecule has 1 unspecified atom stereocenters. The van der Waals surface area contributed by atoms with E-state index in [0.717, 1.165) is 39.0 Å². The van der Waals surface area contributed by atoms with Crippen molar-refractivity contribution in [2.45, 2.75) is 19.8 Å². The molecule has 2 aliphatic rings. The first-order valence-corrected chi connectivity index (χ1v) is 10.5. The molecule has 6 heteroatoms. The molecule has 3 heterocycles. The molecule has 2 fully saturated rings. The molecule has 1 aromatic heterocycles. The number of hydrogen-bond donors (Lipinski definition) is 0. The van der Waals surface area contributed by atoms with Crippen LogP contribution in [0.1, 0.15) is 40.6 Å². The Morgan fingerprint density at radius 2 is 1.69 bits per heavy atom. The second-order valence-electron chi connectivity index (χ2n) is 8.04. The average molecular weight is 393 g/mol. The zero-order chi connectivity index (χ0) is 20.2. The maximum atomic E-state index is 13.0. The zero-order valence-electron chi connectivity index (χ0n) is 17.0. The summed E-state index contributed by atoms with van der Waals surface area (Å²) < 4.78 is 0. The maximum absolute atomic E-state index is 13.0. The number of pyridine rings is 1. The second-order valence-corrected chi connectivity index (χ2v) is 8.04. The Kier molecular flexibility index (Phi) is 5.79. The highest BCUT2D eigenvalue weighted by molar-refractivity contribution is 5.98. The molecular weight excluding hydrogens is 364 g/mol. The van der Waals surface area contributed by atoms with Gasteiger partial charge in [0.05, 0.1) is 0 Å². The number of carbonyl (C=O) groups is 2. The average Bonchev–Trinajstić information content (AvgIpc) is 2.79. The van der Waals surface area contributed by atoms with Crippen LogP contribution in [0.2, 0.25) is 0 Å². The van der Waals surface area contributed by atoms with Crippen molar-refractivity contribution in [2.75, 3.05) is 44.2 Å². The molecule has 2 saturated heterocycles. The van der Waals surface area contributed by atoms with Gasteiger partial charge in [-0.15, -0.1) is 0 Å². The van der Waals surface area contributed by atoms with Gasteiger partial charge >= 0.3 is 0 Å². The third-order valence-electron chi connectivity index (χ3n) is 5.86. The van der Waals surface area contributed by atoms with Gasteiger partial charge in [0.15, 0.2) is 0 Å². The maximum Gasteiger partial charge on any atom is 0.272 e. The molecule has 0 N–H and O–H groups in total. The Balaban J connectivity index is 1.41. The van der Waals surface area contributed by atoms with E-state index in [-0.39, 0.29) is 11.8 Å². The number of para-hydroxylation sites is 1. The fourth-order valence-electron chi connectivity index (χ4n) is 4.21. The molecule has 0 radical (unpaired) electrons.